The number of halogens is 1. The Bertz CT molecular complexity index is 851. The summed E-state index contributed by atoms with van der Waals surface area (Å²) in [7, 11) is 0. The van der Waals surface area contributed by atoms with Crippen molar-refractivity contribution in [3.05, 3.63) is 71.9 Å². The fraction of sp³-hybridized carbons (Fsp3) is 0.211. The van der Waals surface area contributed by atoms with E-state index in [0.717, 1.165) is 29.5 Å². The third kappa shape index (κ3) is 3.15. The number of amides is 1. The molecule has 0 radical (unpaired) electrons. The molecule has 0 bridgehead atoms. The van der Waals surface area contributed by atoms with Crippen LogP contribution in [0.15, 0.2) is 65.5 Å². The van der Waals surface area contributed by atoms with Gasteiger partial charge < -0.3 is 18.8 Å². The molecule has 0 unspecified atom stereocenters. The second kappa shape index (κ2) is 6.69. The molecule has 1 saturated heterocycles. The molecule has 1 aliphatic rings. The van der Waals surface area contributed by atoms with E-state index in [4.69, 9.17) is 16.0 Å². The van der Waals surface area contributed by atoms with Gasteiger partial charge >= 0.3 is 0 Å². The molecule has 3 heterocycles. The Morgan fingerprint density at radius 1 is 1.00 bits per heavy atom. The minimum atomic E-state index is -0.0568. The van der Waals surface area contributed by atoms with Gasteiger partial charge in [0.2, 0.25) is 0 Å². The van der Waals surface area contributed by atoms with Crippen molar-refractivity contribution in [1.29, 1.82) is 0 Å². The minimum Gasteiger partial charge on any atom is -0.459 e. The summed E-state index contributed by atoms with van der Waals surface area (Å²) in [6.45, 7) is 2.79. The van der Waals surface area contributed by atoms with Crippen LogP contribution in [0.1, 0.15) is 10.6 Å². The first-order valence-electron chi connectivity index (χ1n) is 8.23. The molecule has 1 fully saturated rings. The Morgan fingerprint density at radius 3 is 2.40 bits per heavy atom. The summed E-state index contributed by atoms with van der Waals surface area (Å²) in [5.74, 6) is 0.335. The second-order valence-electron chi connectivity index (χ2n) is 5.98. The van der Waals surface area contributed by atoms with Crippen molar-refractivity contribution in [2.45, 2.75) is 0 Å². The summed E-state index contributed by atoms with van der Waals surface area (Å²) >= 11 is 6.51. The van der Waals surface area contributed by atoms with Gasteiger partial charge in [0.05, 0.1) is 17.0 Å². The molecule has 1 amide bonds. The van der Waals surface area contributed by atoms with Gasteiger partial charge in [0.25, 0.3) is 5.91 Å². The van der Waals surface area contributed by atoms with E-state index in [2.05, 4.69) is 11.0 Å². The molecule has 0 spiro atoms. The normalized spacial score (nSPS) is 14.8. The monoisotopic (exact) mass is 355 g/mol. The van der Waals surface area contributed by atoms with E-state index >= 15 is 0 Å². The van der Waals surface area contributed by atoms with Crippen LogP contribution in [-0.2, 0) is 0 Å². The van der Waals surface area contributed by atoms with Crippen molar-refractivity contribution in [3.8, 4) is 5.69 Å². The van der Waals surface area contributed by atoms with Gasteiger partial charge in [-0.15, -0.1) is 0 Å². The molecule has 6 heteroatoms. The summed E-state index contributed by atoms with van der Waals surface area (Å²) in [6.07, 6.45) is 5.50. The van der Waals surface area contributed by atoms with E-state index in [1.54, 1.807) is 12.1 Å². The van der Waals surface area contributed by atoms with E-state index < -0.39 is 0 Å². The molecule has 0 N–H and O–H groups in total. The van der Waals surface area contributed by atoms with E-state index in [9.17, 15) is 4.79 Å². The molecular weight excluding hydrogens is 338 g/mol. The van der Waals surface area contributed by atoms with Gasteiger partial charge in [-0.2, -0.15) is 0 Å². The van der Waals surface area contributed by atoms with Gasteiger partial charge in [0.15, 0.2) is 5.76 Å². The van der Waals surface area contributed by atoms with Gasteiger partial charge in [-0.3, -0.25) is 4.79 Å². The highest BCUT2D eigenvalue weighted by Gasteiger charge is 2.24. The summed E-state index contributed by atoms with van der Waals surface area (Å²) in [6, 6.07) is 13.5. The molecule has 0 atom stereocenters. The van der Waals surface area contributed by atoms with Gasteiger partial charge in [0.1, 0.15) is 0 Å². The van der Waals surface area contributed by atoms with Crippen LogP contribution in [0.3, 0.4) is 0 Å². The third-order valence-electron chi connectivity index (χ3n) is 4.47. The first-order chi connectivity index (χ1) is 12.2. The highest BCUT2D eigenvalue weighted by molar-refractivity contribution is 6.33. The number of nitrogens with zero attached hydrogens (tertiary/aromatic N) is 3. The number of carbonyl (C=O) groups excluding carboxylic acids is 1. The summed E-state index contributed by atoms with van der Waals surface area (Å²) in [5.41, 5.74) is 2.04. The standard InChI is InChI=1S/C19H18ClN3O2/c20-16-14-15(21-7-1-2-8-21)5-6-17(16)22-9-11-23(12-10-22)19(24)18-4-3-13-25-18/h1-8,13-14H,9-12H2. The lowest BCUT2D eigenvalue weighted by molar-refractivity contribution is 0.0714. The zero-order valence-electron chi connectivity index (χ0n) is 13.6. The highest BCUT2D eigenvalue weighted by Crippen LogP contribution is 2.29. The van der Waals surface area contributed by atoms with E-state index in [0.29, 0.717) is 18.8 Å². The molecule has 5 nitrogen and oxygen atoms in total. The second-order valence-corrected chi connectivity index (χ2v) is 6.39. The first kappa shape index (κ1) is 15.8. The van der Waals surface area contributed by atoms with Crippen molar-refractivity contribution in [2.75, 3.05) is 31.1 Å². The smallest absolute Gasteiger partial charge is 0.289 e. The largest absolute Gasteiger partial charge is 0.459 e. The lowest BCUT2D eigenvalue weighted by Crippen LogP contribution is -2.48. The van der Waals surface area contributed by atoms with Crippen LogP contribution in [0.4, 0.5) is 5.69 Å². The maximum atomic E-state index is 12.3. The number of carbonyl (C=O) groups is 1. The first-order valence-corrected chi connectivity index (χ1v) is 8.61. The number of hydrogen-bond acceptors (Lipinski definition) is 3. The Balaban J connectivity index is 1.45. The zero-order chi connectivity index (χ0) is 17.2. The summed E-state index contributed by atoms with van der Waals surface area (Å²) < 4.78 is 7.22. The van der Waals surface area contributed by atoms with Crippen molar-refractivity contribution in [3.63, 3.8) is 0 Å². The average molecular weight is 356 g/mol. The molecule has 2 aromatic heterocycles. The van der Waals surface area contributed by atoms with Gasteiger partial charge in [-0.05, 0) is 42.5 Å². The molecule has 1 aromatic carbocycles. The Kier molecular flexibility index (Phi) is 4.24. The fourth-order valence-corrected chi connectivity index (χ4v) is 3.42. The number of rotatable bonds is 3. The molecule has 0 saturated carbocycles. The van der Waals surface area contributed by atoms with Gasteiger partial charge in [0, 0.05) is 44.3 Å². The van der Waals surface area contributed by atoms with Gasteiger partial charge in [-0.1, -0.05) is 11.6 Å². The molecule has 128 valence electrons. The van der Waals surface area contributed by atoms with Crippen molar-refractivity contribution < 1.29 is 9.21 Å². The van der Waals surface area contributed by atoms with Crippen molar-refractivity contribution in [1.82, 2.24) is 9.47 Å². The highest BCUT2D eigenvalue weighted by atomic mass is 35.5. The van der Waals surface area contributed by atoms with Crippen LogP contribution in [0.25, 0.3) is 5.69 Å². The Labute approximate surface area is 151 Å². The molecule has 25 heavy (non-hydrogen) atoms. The van der Waals surface area contributed by atoms with Crippen LogP contribution in [0.2, 0.25) is 5.02 Å². The SMILES string of the molecule is O=C(c1ccco1)N1CCN(c2ccc(-n3cccc3)cc2Cl)CC1. The molecule has 4 rings (SSSR count). The molecule has 1 aliphatic heterocycles. The van der Waals surface area contributed by atoms with Crippen molar-refractivity contribution in [2.24, 2.45) is 0 Å². The number of furan rings is 1. The topological polar surface area (TPSA) is 41.6 Å². The number of piperazine rings is 1. The maximum Gasteiger partial charge on any atom is 0.289 e. The van der Waals surface area contributed by atoms with Gasteiger partial charge in [-0.25, -0.2) is 0 Å². The summed E-state index contributed by atoms with van der Waals surface area (Å²) in [5, 5.41) is 0.719. The lowest BCUT2D eigenvalue weighted by Gasteiger charge is -2.36. The number of hydrogen-bond donors (Lipinski definition) is 0. The molecule has 0 aliphatic carbocycles. The van der Waals surface area contributed by atoms with E-state index in [1.165, 1.54) is 6.26 Å². The van der Waals surface area contributed by atoms with Crippen LogP contribution in [0.5, 0.6) is 0 Å². The number of anilines is 1. The number of aromatic nitrogens is 1. The van der Waals surface area contributed by atoms with Crippen LogP contribution in [-0.4, -0.2) is 41.6 Å². The third-order valence-corrected chi connectivity index (χ3v) is 4.78. The van der Waals surface area contributed by atoms with Crippen LogP contribution < -0.4 is 4.90 Å². The van der Waals surface area contributed by atoms with E-state index in [1.807, 2.05) is 46.1 Å². The minimum absolute atomic E-state index is 0.0568. The Morgan fingerprint density at radius 2 is 1.76 bits per heavy atom. The van der Waals surface area contributed by atoms with Crippen LogP contribution >= 0.6 is 11.6 Å². The molecule has 3 aromatic rings. The Hall–Kier alpha value is -2.66. The quantitative estimate of drug-likeness (QED) is 0.719. The predicted octanol–water partition coefficient (Wildman–Crippen LogP) is 3.69. The maximum absolute atomic E-state index is 12.3. The number of benzene rings is 1. The zero-order valence-corrected chi connectivity index (χ0v) is 14.4. The van der Waals surface area contributed by atoms with Crippen LogP contribution in [0, 0.1) is 0 Å². The van der Waals surface area contributed by atoms with E-state index in [-0.39, 0.29) is 5.91 Å². The summed E-state index contributed by atoms with van der Waals surface area (Å²) in [4.78, 5) is 16.4. The average Bonchev–Trinajstić information content (AvgIpc) is 3.35. The predicted molar refractivity (Wildman–Crippen MR) is 97.6 cm³/mol. The molecular formula is C19H18ClN3O2. The lowest BCUT2D eigenvalue weighted by atomic mass is 10.2. The van der Waals surface area contributed by atoms with Crippen molar-refractivity contribution >= 4 is 23.2 Å². The fourth-order valence-electron chi connectivity index (χ4n) is 3.13.